The van der Waals surface area contributed by atoms with E-state index in [0.717, 1.165) is 45.4 Å². The number of carbonyl (C=O) groups excluding carboxylic acids is 2. The highest BCUT2D eigenvalue weighted by atomic mass is 19.1. The number of hydrogen-bond donors (Lipinski definition) is 0. The average molecular weight is 387 g/mol. The van der Waals surface area contributed by atoms with Gasteiger partial charge in [0.2, 0.25) is 0 Å². The summed E-state index contributed by atoms with van der Waals surface area (Å²) >= 11 is 0. The van der Waals surface area contributed by atoms with Crippen LogP contribution in [0.15, 0.2) is 30.0 Å². The maximum Gasteiger partial charge on any atom is 0.277 e. The average Bonchev–Trinajstić information content (AvgIpc) is 2.98. The first-order valence-corrected chi connectivity index (χ1v) is 10.1. The number of ether oxygens (including phenoxy) is 1. The smallest absolute Gasteiger partial charge is 0.277 e. The lowest BCUT2D eigenvalue weighted by molar-refractivity contribution is -0.138. The number of carbonyl (C=O) groups is 2. The number of piperidine rings is 1. The molecule has 2 fully saturated rings. The molecule has 1 aromatic carbocycles. The SMILES string of the molecule is O=C1C(c2ccc(F)cc2)=C(N2CCCCC2)C(=O)N1CCN1CCOCC1. The Kier molecular flexibility index (Phi) is 5.73. The molecule has 1 aromatic rings. The van der Waals surface area contributed by atoms with E-state index >= 15 is 0 Å². The van der Waals surface area contributed by atoms with Gasteiger partial charge in [0.1, 0.15) is 11.5 Å². The van der Waals surface area contributed by atoms with Gasteiger partial charge in [-0.25, -0.2) is 4.39 Å². The molecule has 7 heteroatoms. The molecule has 3 heterocycles. The second kappa shape index (κ2) is 8.41. The Morgan fingerprint density at radius 1 is 0.857 bits per heavy atom. The molecular formula is C21H26FN3O3. The summed E-state index contributed by atoms with van der Waals surface area (Å²) < 4.78 is 18.8. The second-order valence-electron chi connectivity index (χ2n) is 7.49. The van der Waals surface area contributed by atoms with Crippen LogP contribution in [0.3, 0.4) is 0 Å². The van der Waals surface area contributed by atoms with Crippen LogP contribution >= 0.6 is 0 Å². The van der Waals surface area contributed by atoms with E-state index < -0.39 is 0 Å². The molecule has 150 valence electrons. The summed E-state index contributed by atoms with van der Waals surface area (Å²) in [6.07, 6.45) is 3.16. The highest BCUT2D eigenvalue weighted by Gasteiger charge is 2.41. The minimum Gasteiger partial charge on any atom is -0.379 e. The van der Waals surface area contributed by atoms with Crippen LogP contribution in [0, 0.1) is 5.82 Å². The number of rotatable bonds is 5. The zero-order chi connectivity index (χ0) is 19.5. The van der Waals surface area contributed by atoms with E-state index in [2.05, 4.69) is 4.90 Å². The van der Waals surface area contributed by atoms with Gasteiger partial charge in [-0.05, 0) is 37.0 Å². The molecule has 0 unspecified atom stereocenters. The number of likely N-dealkylation sites (tertiary alicyclic amines) is 1. The molecule has 6 nitrogen and oxygen atoms in total. The van der Waals surface area contributed by atoms with Crippen molar-refractivity contribution in [3.63, 3.8) is 0 Å². The lowest BCUT2D eigenvalue weighted by Crippen LogP contribution is -2.44. The van der Waals surface area contributed by atoms with E-state index in [1.165, 1.54) is 17.0 Å². The van der Waals surface area contributed by atoms with Crippen LogP contribution in [-0.2, 0) is 14.3 Å². The van der Waals surface area contributed by atoms with Crippen LogP contribution in [0.4, 0.5) is 4.39 Å². The first-order valence-electron chi connectivity index (χ1n) is 10.1. The van der Waals surface area contributed by atoms with Gasteiger partial charge in [0.15, 0.2) is 0 Å². The van der Waals surface area contributed by atoms with Gasteiger partial charge in [-0.3, -0.25) is 19.4 Å². The lowest BCUT2D eigenvalue weighted by atomic mass is 10.0. The first-order chi connectivity index (χ1) is 13.6. The molecule has 0 radical (unpaired) electrons. The number of morpholine rings is 1. The molecule has 28 heavy (non-hydrogen) atoms. The van der Waals surface area contributed by atoms with Gasteiger partial charge in [0.25, 0.3) is 11.8 Å². The Hall–Kier alpha value is -2.25. The molecule has 0 saturated carbocycles. The van der Waals surface area contributed by atoms with Crippen molar-refractivity contribution < 1.29 is 18.7 Å². The Labute approximate surface area is 164 Å². The topological polar surface area (TPSA) is 53.1 Å². The summed E-state index contributed by atoms with van der Waals surface area (Å²) in [5.41, 5.74) is 1.50. The van der Waals surface area contributed by atoms with Gasteiger partial charge in [-0.2, -0.15) is 0 Å². The highest BCUT2D eigenvalue weighted by molar-refractivity contribution is 6.35. The van der Waals surface area contributed by atoms with Crippen LogP contribution in [0.2, 0.25) is 0 Å². The van der Waals surface area contributed by atoms with Gasteiger partial charge in [-0.15, -0.1) is 0 Å². The van der Waals surface area contributed by atoms with Crippen molar-refractivity contribution in [2.45, 2.75) is 19.3 Å². The van der Waals surface area contributed by atoms with E-state index in [0.29, 0.717) is 43.1 Å². The van der Waals surface area contributed by atoms with Gasteiger partial charge >= 0.3 is 0 Å². The minimum absolute atomic E-state index is 0.223. The number of amides is 2. The number of benzene rings is 1. The van der Waals surface area contributed by atoms with Crippen LogP contribution in [0.25, 0.3) is 5.57 Å². The summed E-state index contributed by atoms with van der Waals surface area (Å²) in [5, 5.41) is 0. The van der Waals surface area contributed by atoms with Crippen molar-refractivity contribution in [3.05, 3.63) is 41.3 Å². The predicted molar refractivity (Wildman–Crippen MR) is 103 cm³/mol. The van der Waals surface area contributed by atoms with Crippen molar-refractivity contribution in [1.29, 1.82) is 0 Å². The molecule has 2 amide bonds. The molecule has 0 atom stereocenters. The molecule has 3 aliphatic rings. The Morgan fingerprint density at radius 2 is 1.54 bits per heavy atom. The van der Waals surface area contributed by atoms with Crippen LogP contribution in [-0.4, -0.2) is 79.0 Å². The Bertz CT molecular complexity index is 766. The zero-order valence-electron chi connectivity index (χ0n) is 16.0. The van der Waals surface area contributed by atoms with Crippen molar-refractivity contribution >= 4 is 17.4 Å². The molecule has 0 aliphatic carbocycles. The van der Waals surface area contributed by atoms with Gasteiger partial charge in [0.05, 0.1) is 18.8 Å². The summed E-state index contributed by atoms with van der Waals surface area (Å²) in [5.74, 6) is -0.852. The molecule has 4 rings (SSSR count). The third-order valence-corrected chi connectivity index (χ3v) is 5.69. The summed E-state index contributed by atoms with van der Waals surface area (Å²) in [6, 6.07) is 5.85. The largest absolute Gasteiger partial charge is 0.379 e. The monoisotopic (exact) mass is 387 g/mol. The van der Waals surface area contributed by atoms with E-state index in [1.54, 1.807) is 12.1 Å². The highest BCUT2D eigenvalue weighted by Crippen LogP contribution is 2.33. The molecule has 0 N–H and O–H groups in total. The van der Waals surface area contributed by atoms with Gasteiger partial charge in [-0.1, -0.05) is 12.1 Å². The van der Waals surface area contributed by atoms with Crippen molar-refractivity contribution in [2.75, 3.05) is 52.5 Å². The van der Waals surface area contributed by atoms with E-state index in [1.807, 2.05) is 4.90 Å². The summed E-state index contributed by atoms with van der Waals surface area (Å²) in [4.78, 5) is 32.0. The molecular weight excluding hydrogens is 361 g/mol. The van der Waals surface area contributed by atoms with Crippen LogP contribution in [0.5, 0.6) is 0 Å². The predicted octanol–water partition coefficient (Wildman–Crippen LogP) is 1.72. The molecule has 2 saturated heterocycles. The number of hydrogen-bond acceptors (Lipinski definition) is 5. The number of imide groups is 1. The minimum atomic E-state index is -0.357. The maximum atomic E-state index is 13.4. The second-order valence-corrected chi connectivity index (χ2v) is 7.49. The number of nitrogens with zero attached hydrogens (tertiary/aromatic N) is 3. The summed E-state index contributed by atoms with van der Waals surface area (Å²) in [6.45, 7) is 5.54. The molecule has 0 aromatic heterocycles. The van der Waals surface area contributed by atoms with Crippen LogP contribution < -0.4 is 0 Å². The standard InChI is InChI=1S/C21H26FN3O3/c22-17-6-4-16(5-7-17)18-19(24-8-2-1-3-9-24)21(27)25(20(18)26)11-10-23-12-14-28-15-13-23/h4-7H,1-3,8-15H2. The van der Waals surface area contributed by atoms with Gasteiger partial charge in [0, 0.05) is 39.3 Å². The maximum absolute atomic E-state index is 13.4. The Balaban J connectivity index is 1.59. The van der Waals surface area contributed by atoms with Crippen molar-refractivity contribution in [2.24, 2.45) is 0 Å². The zero-order valence-corrected chi connectivity index (χ0v) is 16.0. The first kappa shape index (κ1) is 19.1. The van der Waals surface area contributed by atoms with Gasteiger partial charge < -0.3 is 9.64 Å². The fourth-order valence-electron chi connectivity index (χ4n) is 4.12. The van der Waals surface area contributed by atoms with Crippen LogP contribution in [0.1, 0.15) is 24.8 Å². The normalized spacial score (nSPS) is 21.8. The van der Waals surface area contributed by atoms with E-state index in [-0.39, 0.29) is 17.6 Å². The van der Waals surface area contributed by atoms with E-state index in [9.17, 15) is 14.0 Å². The van der Waals surface area contributed by atoms with Crippen molar-refractivity contribution in [1.82, 2.24) is 14.7 Å². The molecule has 0 bridgehead atoms. The van der Waals surface area contributed by atoms with E-state index in [4.69, 9.17) is 4.74 Å². The quantitative estimate of drug-likeness (QED) is 0.721. The molecule has 3 aliphatic heterocycles. The van der Waals surface area contributed by atoms with Crippen molar-refractivity contribution in [3.8, 4) is 0 Å². The fourth-order valence-corrected chi connectivity index (χ4v) is 4.12. The third-order valence-electron chi connectivity index (χ3n) is 5.69. The fraction of sp³-hybridized carbons (Fsp3) is 0.524. The third kappa shape index (κ3) is 3.82. The number of halogens is 1. The lowest BCUT2D eigenvalue weighted by Gasteiger charge is -2.30. The Morgan fingerprint density at radius 3 is 2.21 bits per heavy atom. The summed E-state index contributed by atoms with van der Waals surface area (Å²) in [7, 11) is 0. The molecule has 0 spiro atoms.